The lowest BCUT2D eigenvalue weighted by molar-refractivity contribution is 0.256. The third-order valence-corrected chi connectivity index (χ3v) is 4.52. The molecule has 1 fully saturated rings. The molecule has 0 radical (unpaired) electrons. The third kappa shape index (κ3) is 5.44. The fourth-order valence-corrected chi connectivity index (χ4v) is 2.92. The van der Waals surface area contributed by atoms with Crippen LogP contribution in [-0.4, -0.2) is 24.5 Å². The van der Waals surface area contributed by atoms with Gasteiger partial charge in [0.05, 0.1) is 12.2 Å². The summed E-state index contributed by atoms with van der Waals surface area (Å²) in [5, 5.41) is 6.69. The van der Waals surface area contributed by atoms with Gasteiger partial charge in [-0.3, -0.25) is 4.99 Å². The van der Waals surface area contributed by atoms with Crippen LogP contribution >= 0.6 is 24.0 Å². The average molecular weight is 420 g/mol. The van der Waals surface area contributed by atoms with Crippen molar-refractivity contribution >= 4 is 29.9 Å². The summed E-state index contributed by atoms with van der Waals surface area (Å²) in [7, 11) is 1.80. The largest absolute Gasteiger partial charge is 0.444 e. The van der Waals surface area contributed by atoms with E-state index in [-0.39, 0.29) is 24.0 Å². The highest BCUT2D eigenvalue weighted by molar-refractivity contribution is 14.0. The standard InChI is InChI=1S/C16H28N4O.HI/c1-11-7-5-6-8-14(11)9-18-16(17-4)19-10-15-20-12(2)13(3)21-15;/h11,14H,5-10H2,1-4H3,(H2,17,18,19);1H. The first kappa shape index (κ1) is 19.3. The highest BCUT2D eigenvalue weighted by atomic mass is 127. The van der Waals surface area contributed by atoms with Crippen molar-refractivity contribution in [2.45, 2.75) is 53.0 Å². The van der Waals surface area contributed by atoms with E-state index in [1.807, 2.05) is 13.8 Å². The summed E-state index contributed by atoms with van der Waals surface area (Å²) in [5.74, 6) is 3.97. The Balaban J connectivity index is 0.00000242. The SMILES string of the molecule is CN=C(NCc1nc(C)c(C)o1)NCC1CCCCC1C.I. The maximum absolute atomic E-state index is 5.56. The van der Waals surface area contributed by atoms with Crippen LogP contribution in [0.1, 0.15) is 50.0 Å². The molecule has 6 heteroatoms. The lowest BCUT2D eigenvalue weighted by Gasteiger charge is -2.29. The van der Waals surface area contributed by atoms with Gasteiger partial charge in [0, 0.05) is 13.6 Å². The number of aliphatic imine (C=N–C) groups is 1. The van der Waals surface area contributed by atoms with Crippen LogP contribution < -0.4 is 10.6 Å². The van der Waals surface area contributed by atoms with E-state index in [9.17, 15) is 0 Å². The fourth-order valence-electron chi connectivity index (χ4n) is 2.92. The Morgan fingerprint density at radius 1 is 1.27 bits per heavy atom. The molecule has 1 aromatic rings. The van der Waals surface area contributed by atoms with E-state index in [2.05, 4.69) is 27.5 Å². The van der Waals surface area contributed by atoms with Gasteiger partial charge in [0.2, 0.25) is 5.89 Å². The molecule has 1 aromatic heterocycles. The second kappa shape index (κ2) is 9.37. The van der Waals surface area contributed by atoms with Crippen molar-refractivity contribution in [2.24, 2.45) is 16.8 Å². The Kier molecular flexibility index (Phi) is 8.20. The zero-order chi connectivity index (χ0) is 15.2. The highest BCUT2D eigenvalue weighted by Gasteiger charge is 2.21. The number of aromatic nitrogens is 1. The van der Waals surface area contributed by atoms with Crippen LogP contribution in [-0.2, 0) is 6.54 Å². The van der Waals surface area contributed by atoms with E-state index in [0.717, 1.165) is 35.8 Å². The Hall–Kier alpha value is -0.790. The minimum absolute atomic E-state index is 0. The number of hydrogen-bond donors (Lipinski definition) is 2. The molecule has 5 nitrogen and oxygen atoms in total. The number of aryl methyl sites for hydroxylation is 2. The number of guanidine groups is 1. The van der Waals surface area contributed by atoms with Gasteiger partial charge >= 0.3 is 0 Å². The molecule has 1 aliphatic carbocycles. The number of nitrogens with zero attached hydrogens (tertiary/aromatic N) is 2. The minimum atomic E-state index is 0. The predicted molar refractivity (Wildman–Crippen MR) is 101 cm³/mol. The van der Waals surface area contributed by atoms with Gasteiger partial charge in [-0.15, -0.1) is 24.0 Å². The molecule has 0 spiro atoms. The number of halogens is 1. The molecule has 2 unspecified atom stereocenters. The Bertz CT molecular complexity index is 467. The summed E-state index contributed by atoms with van der Waals surface area (Å²) < 4.78 is 5.56. The van der Waals surface area contributed by atoms with Crippen molar-refractivity contribution in [1.29, 1.82) is 0 Å². The van der Waals surface area contributed by atoms with Gasteiger partial charge in [0.15, 0.2) is 5.96 Å². The molecule has 1 aliphatic rings. The summed E-state index contributed by atoms with van der Waals surface area (Å²) in [6.07, 6.45) is 5.42. The zero-order valence-electron chi connectivity index (χ0n) is 14.1. The smallest absolute Gasteiger partial charge is 0.214 e. The molecule has 126 valence electrons. The van der Waals surface area contributed by atoms with E-state index in [4.69, 9.17) is 4.42 Å². The molecule has 0 aliphatic heterocycles. The second-order valence-corrected chi connectivity index (χ2v) is 6.08. The lowest BCUT2D eigenvalue weighted by atomic mass is 9.80. The van der Waals surface area contributed by atoms with Gasteiger partial charge in [0.1, 0.15) is 5.76 Å². The molecular weight excluding hydrogens is 391 g/mol. The van der Waals surface area contributed by atoms with Crippen LogP contribution in [0.2, 0.25) is 0 Å². The van der Waals surface area contributed by atoms with Gasteiger partial charge in [-0.05, 0) is 32.1 Å². The average Bonchev–Trinajstić information content (AvgIpc) is 2.79. The third-order valence-electron chi connectivity index (χ3n) is 4.52. The van der Waals surface area contributed by atoms with Crippen molar-refractivity contribution in [3.8, 4) is 0 Å². The molecule has 0 aromatic carbocycles. The van der Waals surface area contributed by atoms with E-state index in [1.165, 1.54) is 25.7 Å². The fraction of sp³-hybridized carbons (Fsp3) is 0.750. The first-order valence-corrected chi connectivity index (χ1v) is 7.97. The van der Waals surface area contributed by atoms with E-state index in [0.29, 0.717) is 12.4 Å². The summed E-state index contributed by atoms with van der Waals surface area (Å²) >= 11 is 0. The molecule has 1 heterocycles. The number of hydrogen-bond acceptors (Lipinski definition) is 3. The van der Waals surface area contributed by atoms with Crippen molar-refractivity contribution in [3.05, 3.63) is 17.3 Å². The highest BCUT2D eigenvalue weighted by Crippen LogP contribution is 2.28. The van der Waals surface area contributed by atoms with E-state index < -0.39 is 0 Å². The summed E-state index contributed by atoms with van der Waals surface area (Å²) in [4.78, 5) is 8.63. The monoisotopic (exact) mass is 420 g/mol. The molecule has 0 saturated heterocycles. The van der Waals surface area contributed by atoms with Crippen LogP contribution in [0.3, 0.4) is 0 Å². The maximum Gasteiger partial charge on any atom is 0.214 e. The molecule has 22 heavy (non-hydrogen) atoms. The van der Waals surface area contributed by atoms with Gasteiger partial charge < -0.3 is 15.1 Å². The molecule has 2 rings (SSSR count). The quantitative estimate of drug-likeness (QED) is 0.445. The first-order valence-electron chi connectivity index (χ1n) is 7.97. The topological polar surface area (TPSA) is 62.5 Å². The normalized spacial score (nSPS) is 22.1. The second-order valence-electron chi connectivity index (χ2n) is 6.08. The van der Waals surface area contributed by atoms with Gasteiger partial charge in [-0.1, -0.05) is 26.2 Å². The van der Waals surface area contributed by atoms with Crippen molar-refractivity contribution in [1.82, 2.24) is 15.6 Å². The van der Waals surface area contributed by atoms with Crippen LogP contribution in [0.4, 0.5) is 0 Å². The molecule has 1 saturated carbocycles. The van der Waals surface area contributed by atoms with Crippen LogP contribution in [0.15, 0.2) is 9.41 Å². The number of rotatable bonds is 4. The van der Waals surface area contributed by atoms with Crippen LogP contribution in [0.5, 0.6) is 0 Å². The summed E-state index contributed by atoms with van der Waals surface area (Å²) in [5.41, 5.74) is 0.950. The molecular formula is C16H29IN4O. The van der Waals surface area contributed by atoms with Crippen molar-refractivity contribution in [2.75, 3.05) is 13.6 Å². The van der Waals surface area contributed by atoms with Gasteiger partial charge in [-0.25, -0.2) is 4.98 Å². The van der Waals surface area contributed by atoms with Crippen molar-refractivity contribution in [3.63, 3.8) is 0 Å². The number of nitrogens with one attached hydrogen (secondary N) is 2. The molecule has 2 atom stereocenters. The molecule has 0 amide bonds. The van der Waals surface area contributed by atoms with E-state index in [1.54, 1.807) is 7.05 Å². The first-order chi connectivity index (χ1) is 10.1. The van der Waals surface area contributed by atoms with Crippen LogP contribution in [0, 0.1) is 25.7 Å². The van der Waals surface area contributed by atoms with Crippen molar-refractivity contribution < 1.29 is 4.42 Å². The van der Waals surface area contributed by atoms with Crippen LogP contribution in [0.25, 0.3) is 0 Å². The number of oxazole rings is 1. The van der Waals surface area contributed by atoms with Gasteiger partial charge in [-0.2, -0.15) is 0 Å². The predicted octanol–water partition coefficient (Wildman–Crippen LogP) is 3.40. The minimum Gasteiger partial charge on any atom is -0.444 e. The Labute approximate surface area is 150 Å². The molecule has 2 N–H and O–H groups in total. The molecule has 0 bridgehead atoms. The van der Waals surface area contributed by atoms with E-state index >= 15 is 0 Å². The summed E-state index contributed by atoms with van der Waals surface area (Å²) in [6, 6.07) is 0. The zero-order valence-corrected chi connectivity index (χ0v) is 16.4. The maximum atomic E-state index is 5.56. The Morgan fingerprint density at radius 2 is 2.00 bits per heavy atom. The summed E-state index contributed by atoms with van der Waals surface area (Å²) in [6.45, 7) is 7.81. The lowest BCUT2D eigenvalue weighted by Crippen LogP contribution is -2.41. The Morgan fingerprint density at radius 3 is 2.59 bits per heavy atom. The van der Waals surface area contributed by atoms with Gasteiger partial charge in [0.25, 0.3) is 0 Å².